The molecule has 1 aromatic heterocycles. The predicted octanol–water partition coefficient (Wildman–Crippen LogP) is 3.35. The Bertz CT molecular complexity index is 982. The third kappa shape index (κ3) is 2.66. The number of thiazole rings is 1. The van der Waals surface area contributed by atoms with Crippen LogP contribution in [0.2, 0.25) is 0 Å². The first-order valence-corrected chi connectivity index (χ1v) is 8.96. The Morgan fingerprint density at radius 1 is 0.962 bits per heavy atom. The summed E-state index contributed by atoms with van der Waals surface area (Å²) < 4.78 is 0.974. The van der Waals surface area contributed by atoms with E-state index in [1.54, 1.807) is 6.92 Å². The monoisotopic (exact) mass is 365 g/mol. The number of carbonyl (C=O) groups is 3. The maximum atomic E-state index is 12.7. The molecule has 0 N–H and O–H groups in total. The zero-order valence-electron chi connectivity index (χ0n) is 14.0. The van der Waals surface area contributed by atoms with E-state index in [0.29, 0.717) is 5.01 Å². The molecule has 130 valence electrons. The van der Waals surface area contributed by atoms with Gasteiger partial charge in [0, 0.05) is 0 Å². The van der Waals surface area contributed by atoms with Gasteiger partial charge < -0.3 is 0 Å². The number of para-hydroxylation sites is 1. The SMILES string of the molecule is CC(c1ccccc1)N1C(=O)C(=O)N(Cc2nc3ccccc3s2)C1=O. The highest BCUT2D eigenvalue weighted by atomic mass is 32.1. The van der Waals surface area contributed by atoms with E-state index in [4.69, 9.17) is 0 Å². The first-order valence-electron chi connectivity index (χ1n) is 8.14. The Hall–Kier alpha value is -3.06. The third-order valence-electron chi connectivity index (χ3n) is 4.38. The molecule has 2 heterocycles. The van der Waals surface area contributed by atoms with Gasteiger partial charge in [-0.3, -0.25) is 9.59 Å². The van der Waals surface area contributed by atoms with E-state index in [9.17, 15) is 14.4 Å². The molecule has 1 unspecified atom stereocenters. The van der Waals surface area contributed by atoms with Crippen molar-refractivity contribution in [3.05, 3.63) is 65.2 Å². The van der Waals surface area contributed by atoms with Gasteiger partial charge in [-0.15, -0.1) is 11.3 Å². The second-order valence-electron chi connectivity index (χ2n) is 6.01. The molecule has 0 aliphatic carbocycles. The van der Waals surface area contributed by atoms with Crippen molar-refractivity contribution in [2.24, 2.45) is 0 Å². The van der Waals surface area contributed by atoms with E-state index in [-0.39, 0.29) is 6.54 Å². The predicted molar refractivity (Wildman–Crippen MR) is 97.3 cm³/mol. The number of nitrogens with zero attached hydrogens (tertiary/aromatic N) is 3. The summed E-state index contributed by atoms with van der Waals surface area (Å²) in [6.45, 7) is 1.74. The van der Waals surface area contributed by atoms with Crippen LogP contribution in [0.1, 0.15) is 23.5 Å². The quantitative estimate of drug-likeness (QED) is 0.525. The van der Waals surface area contributed by atoms with E-state index < -0.39 is 23.9 Å². The lowest BCUT2D eigenvalue weighted by Gasteiger charge is -2.22. The summed E-state index contributed by atoms with van der Waals surface area (Å²) in [5.74, 6) is -1.61. The zero-order chi connectivity index (χ0) is 18.3. The molecule has 4 rings (SSSR count). The van der Waals surface area contributed by atoms with E-state index in [0.717, 1.165) is 25.6 Å². The summed E-state index contributed by atoms with van der Waals surface area (Å²) in [7, 11) is 0. The number of urea groups is 1. The number of imide groups is 2. The van der Waals surface area contributed by atoms with Gasteiger partial charge in [-0.2, -0.15) is 0 Å². The number of aromatic nitrogens is 1. The van der Waals surface area contributed by atoms with Gasteiger partial charge in [-0.05, 0) is 24.6 Å². The van der Waals surface area contributed by atoms with Crippen molar-refractivity contribution in [3.8, 4) is 0 Å². The van der Waals surface area contributed by atoms with Crippen LogP contribution in [0, 0.1) is 0 Å². The molecule has 2 aromatic carbocycles. The minimum absolute atomic E-state index is 0.000757. The fourth-order valence-corrected chi connectivity index (χ4v) is 3.96. The fourth-order valence-electron chi connectivity index (χ4n) is 3.01. The van der Waals surface area contributed by atoms with Gasteiger partial charge in [0.05, 0.1) is 22.8 Å². The first kappa shape index (κ1) is 16.4. The molecule has 1 aliphatic heterocycles. The smallest absolute Gasteiger partial charge is 0.263 e. The highest BCUT2D eigenvalue weighted by Gasteiger charge is 2.47. The van der Waals surface area contributed by atoms with Gasteiger partial charge in [0.1, 0.15) is 5.01 Å². The molecule has 3 aromatic rings. The van der Waals surface area contributed by atoms with E-state index >= 15 is 0 Å². The minimum atomic E-state index is -0.808. The molecular weight excluding hydrogens is 350 g/mol. The summed E-state index contributed by atoms with van der Waals surface area (Å²) >= 11 is 1.41. The van der Waals surface area contributed by atoms with Gasteiger partial charge in [0.2, 0.25) is 0 Å². The van der Waals surface area contributed by atoms with Crippen LogP contribution < -0.4 is 0 Å². The number of fused-ring (bicyclic) bond motifs is 1. The molecule has 0 bridgehead atoms. The fraction of sp³-hybridized carbons (Fsp3) is 0.158. The molecule has 1 saturated heterocycles. The minimum Gasteiger partial charge on any atom is -0.263 e. The molecule has 0 saturated carbocycles. The van der Waals surface area contributed by atoms with Gasteiger partial charge in [0.15, 0.2) is 0 Å². The molecule has 1 fully saturated rings. The first-order chi connectivity index (χ1) is 12.6. The lowest BCUT2D eigenvalue weighted by molar-refractivity contribution is -0.144. The molecule has 7 heteroatoms. The highest BCUT2D eigenvalue weighted by Crippen LogP contribution is 2.29. The topological polar surface area (TPSA) is 70.6 Å². The molecule has 4 amide bonds. The maximum Gasteiger partial charge on any atom is 0.335 e. The molecule has 26 heavy (non-hydrogen) atoms. The van der Waals surface area contributed by atoms with Gasteiger partial charge >= 0.3 is 17.8 Å². The highest BCUT2D eigenvalue weighted by molar-refractivity contribution is 7.18. The molecule has 0 spiro atoms. The lowest BCUT2D eigenvalue weighted by Crippen LogP contribution is -2.35. The summed E-state index contributed by atoms with van der Waals surface area (Å²) in [5.41, 5.74) is 1.61. The third-order valence-corrected chi connectivity index (χ3v) is 5.41. The second-order valence-corrected chi connectivity index (χ2v) is 7.13. The molecular formula is C19H15N3O3S. The Labute approximate surface area is 153 Å². The molecule has 6 nitrogen and oxygen atoms in total. The van der Waals surface area contributed by atoms with Crippen molar-refractivity contribution in [2.75, 3.05) is 0 Å². The van der Waals surface area contributed by atoms with Gasteiger partial charge in [0.25, 0.3) is 0 Å². The standard InChI is InChI=1S/C19H15N3O3S/c1-12(13-7-3-2-4-8-13)22-18(24)17(23)21(19(22)25)11-16-20-14-9-5-6-10-15(14)26-16/h2-10,12H,11H2,1H3. The van der Waals surface area contributed by atoms with E-state index in [1.807, 2.05) is 54.6 Å². The van der Waals surface area contributed by atoms with Crippen molar-refractivity contribution in [2.45, 2.75) is 19.5 Å². The summed E-state index contributed by atoms with van der Waals surface area (Å²) in [6.07, 6.45) is 0. The Morgan fingerprint density at radius 2 is 1.65 bits per heavy atom. The summed E-state index contributed by atoms with van der Waals surface area (Å²) in [5, 5.41) is 0.620. The Kier molecular flexibility index (Phi) is 4.00. The number of carbonyl (C=O) groups excluding carboxylic acids is 3. The van der Waals surface area contributed by atoms with Crippen LogP contribution in [-0.4, -0.2) is 32.6 Å². The van der Waals surface area contributed by atoms with Crippen molar-refractivity contribution in [3.63, 3.8) is 0 Å². The van der Waals surface area contributed by atoms with Crippen LogP contribution in [-0.2, 0) is 16.1 Å². The van der Waals surface area contributed by atoms with Crippen molar-refractivity contribution >= 4 is 39.4 Å². The average molecular weight is 365 g/mol. The van der Waals surface area contributed by atoms with E-state index in [1.165, 1.54) is 11.3 Å². The number of hydrogen-bond donors (Lipinski definition) is 0. The largest absolute Gasteiger partial charge is 0.335 e. The Balaban J connectivity index is 1.60. The zero-order valence-corrected chi connectivity index (χ0v) is 14.8. The number of amides is 4. The summed E-state index contributed by atoms with van der Waals surface area (Å²) in [4.78, 5) is 44.0. The van der Waals surface area contributed by atoms with Crippen LogP contribution >= 0.6 is 11.3 Å². The normalized spacial score (nSPS) is 16.0. The number of benzene rings is 2. The average Bonchev–Trinajstić information content (AvgIpc) is 3.16. The number of hydrogen-bond acceptors (Lipinski definition) is 5. The Morgan fingerprint density at radius 3 is 2.38 bits per heavy atom. The maximum absolute atomic E-state index is 12.7. The van der Waals surface area contributed by atoms with Crippen LogP contribution in [0.15, 0.2) is 54.6 Å². The van der Waals surface area contributed by atoms with Gasteiger partial charge in [-0.25, -0.2) is 19.6 Å². The molecule has 1 aliphatic rings. The van der Waals surface area contributed by atoms with E-state index in [2.05, 4.69) is 4.98 Å². The summed E-state index contributed by atoms with van der Waals surface area (Å²) in [6, 6.07) is 15.6. The molecule has 1 atom stereocenters. The number of rotatable bonds is 4. The van der Waals surface area contributed by atoms with Crippen LogP contribution in [0.4, 0.5) is 4.79 Å². The van der Waals surface area contributed by atoms with Crippen molar-refractivity contribution in [1.29, 1.82) is 0 Å². The second kappa shape index (κ2) is 6.34. The van der Waals surface area contributed by atoms with Crippen LogP contribution in [0.25, 0.3) is 10.2 Å². The van der Waals surface area contributed by atoms with Crippen LogP contribution in [0.5, 0.6) is 0 Å². The molecule has 0 radical (unpaired) electrons. The van der Waals surface area contributed by atoms with Crippen molar-refractivity contribution < 1.29 is 14.4 Å². The van der Waals surface area contributed by atoms with Gasteiger partial charge in [-0.1, -0.05) is 42.5 Å². The van der Waals surface area contributed by atoms with Crippen molar-refractivity contribution in [1.82, 2.24) is 14.8 Å². The van der Waals surface area contributed by atoms with Crippen LogP contribution in [0.3, 0.4) is 0 Å². The lowest BCUT2D eigenvalue weighted by atomic mass is 10.1.